The first-order valence-electron chi connectivity index (χ1n) is 6.87. The molecule has 2 nitrogen and oxygen atoms in total. The summed E-state index contributed by atoms with van der Waals surface area (Å²) in [6, 6.07) is 17.8. The number of pyridine rings is 1. The number of hydrogen-bond donors (Lipinski definition) is 1. The van der Waals surface area contributed by atoms with Crippen molar-refractivity contribution >= 4 is 10.8 Å². The molecule has 0 aliphatic carbocycles. The number of aromatic nitrogens is 1. The third kappa shape index (κ3) is 1.98. The molecule has 2 heteroatoms. The van der Waals surface area contributed by atoms with E-state index < -0.39 is 5.60 Å². The summed E-state index contributed by atoms with van der Waals surface area (Å²) in [6.45, 7) is 1.99. The van der Waals surface area contributed by atoms with Crippen LogP contribution in [0.4, 0.5) is 0 Å². The Balaban J connectivity index is 2.27. The minimum Gasteiger partial charge on any atom is -0.380 e. The van der Waals surface area contributed by atoms with Crippen LogP contribution in [-0.4, -0.2) is 10.1 Å². The molecule has 1 atom stereocenters. The highest BCUT2D eigenvalue weighted by molar-refractivity contribution is 5.85. The molecule has 2 aromatic carbocycles. The van der Waals surface area contributed by atoms with Gasteiger partial charge < -0.3 is 5.11 Å². The van der Waals surface area contributed by atoms with E-state index in [2.05, 4.69) is 4.98 Å². The van der Waals surface area contributed by atoms with E-state index in [4.69, 9.17) is 0 Å². The lowest BCUT2D eigenvalue weighted by atomic mass is 9.83. The average Bonchev–Trinajstić information content (AvgIpc) is 2.54. The van der Waals surface area contributed by atoms with Crippen LogP contribution in [0.3, 0.4) is 0 Å². The molecule has 1 unspecified atom stereocenters. The van der Waals surface area contributed by atoms with Gasteiger partial charge in [0.2, 0.25) is 0 Å². The predicted molar refractivity (Wildman–Crippen MR) is 81.5 cm³/mol. The molecule has 0 aliphatic rings. The van der Waals surface area contributed by atoms with Gasteiger partial charge in [0.1, 0.15) is 5.60 Å². The minimum atomic E-state index is -1.00. The molecule has 20 heavy (non-hydrogen) atoms. The molecular formula is C18H17NO. The highest BCUT2D eigenvalue weighted by Crippen LogP contribution is 2.36. The van der Waals surface area contributed by atoms with Crippen LogP contribution in [-0.2, 0) is 5.60 Å². The van der Waals surface area contributed by atoms with Gasteiger partial charge in [-0.2, -0.15) is 0 Å². The number of fused-ring (bicyclic) bond motifs is 1. The van der Waals surface area contributed by atoms with Crippen LogP contribution in [0, 0.1) is 0 Å². The van der Waals surface area contributed by atoms with Crippen molar-refractivity contribution in [3.63, 3.8) is 0 Å². The van der Waals surface area contributed by atoms with Crippen LogP contribution in [0.5, 0.6) is 0 Å². The van der Waals surface area contributed by atoms with Crippen LogP contribution < -0.4 is 0 Å². The molecule has 0 saturated heterocycles. The topological polar surface area (TPSA) is 33.1 Å². The summed E-state index contributed by atoms with van der Waals surface area (Å²) in [7, 11) is 0. The smallest absolute Gasteiger partial charge is 0.116 e. The predicted octanol–water partition coefficient (Wildman–Crippen LogP) is 3.88. The first-order valence-corrected chi connectivity index (χ1v) is 6.87. The van der Waals surface area contributed by atoms with Gasteiger partial charge in [-0.05, 0) is 17.4 Å². The van der Waals surface area contributed by atoms with Gasteiger partial charge in [0.05, 0.1) is 0 Å². The number of nitrogens with zero attached hydrogens (tertiary/aromatic N) is 1. The molecule has 1 heterocycles. The number of aliphatic hydroxyl groups is 1. The summed E-state index contributed by atoms with van der Waals surface area (Å²) in [6.07, 6.45) is 4.21. The van der Waals surface area contributed by atoms with Gasteiger partial charge in [-0.3, -0.25) is 4.98 Å². The van der Waals surface area contributed by atoms with Crippen molar-refractivity contribution in [2.75, 3.05) is 0 Å². The van der Waals surface area contributed by atoms with Gasteiger partial charge in [0, 0.05) is 23.3 Å². The van der Waals surface area contributed by atoms with E-state index in [0.29, 0.717) is 6.42 Å². The Bertz CT molecular complexity index is 718. The molecule has 0 spiro atoms. The molecule has 100 valence electrons. The van der Waals surface area contributed by atoms with Crippen molar-refractivity contribution in [1.29, 1.82) is 0 Å². The van der Waals surface area contributed by atoms with Gasteiger partial charge in [0.15, 0.2) is 0 Å². The maximum Gasteiger partial charge on any atom is 0.116 e. The monoisotopic (exact) mass is 263 g/mol. The van der Waals surface area contributed by atoms with Gasteiger partial charge in [0.25, 0.3) is 0 Å². The van der Waals surface area contributed by atoms with Gasteiger partial charge >= 0.3 is 0 Å². The van der Waals surface area contributed by atoms with E-state index in [1.54, 1.807) is 6.20 Å². The molecule has 3 aromatic rings. The summed E-state index contributed by atoms with van der Waals surface area (Å²) in [5.41, 5.74) is 0.764. The van der Waals surface area contributed by atoms with Gasteiger partial charge in [-0.25, -0.2) is 0 Å². The highest BCUT2D eigenvalue weighted by Gasteiger charge is 2.31. The molecule has 0 fully saturated rings. The van der Waals surface area contributed by atoms with Crippen molar-refractivity contribution in [2.24, 2.45) is 0 Å². The molecule has 0 radical (unpaired) electrons. The third-order valence-electron chi connectivity index (χ3n) is 3.88. The molecular weight excluding hydrogens is 246 g/mol. The lowest BCUT2D eigenvalue weighted by Crippen LogP contribution is -2.26. The fourth-order valence-corrected chi connectivity index (χ4v) is 2.71. The van der Waals surface area contributed by atoms with E-state index in [9.17, 15) is 5.11 Å². The van der Waals surface area contributed by atoms with Crippen molar-refractivity contribution < 1.29 is 5.11 Å². The van der Waals surface area contributed by atoms with Crippen molar-refractivity contribution in [1.82, 2.24) is 4.98 Å². The zero-order valence-electron chi connectivity index (χ0n) is 11.5. The van der Waals surface area contributed by atoms with Crippen molar-refractivity contribution in [3.8, 4) is 0 Å². The average molecular weight is 263 g/mol. The van der Waals surface area contributed by atoms with Gasteiger partial charge in [-0.15, -0.1) is 0 Å². The van der Waals surface area contributed by atoms with Crippen LogP contribution in [0.25, 0.3) is 10.8 Å². The second kappa shape index (κ2) is 5.06. The largest absolute Gasteiger partial charge is 0.380 e. The molecule has 1 N–H and O–H groups in total. The first-order chi connectivity index (χ1) is 9.75. The molecule has 0 amide bonds. The minimum absolute atomic E-state index is 0.604. The van der Waals surface area contributed by atoms with Crippen LogP contribution >= 0.6 is 0 Å². The fraction of sp³-hybridized carbons (Fsp3) is 0.167. The highest BCUT2D eigenvalue weighted by atomic mass is 16.3. The third-order valence-corrected chi connectivity index (χ3v) is 3.88. The van der Waals surface area contributed by atoms with E-state index in [1.165, 1.54) is 0 Å². The standard InChI is InChI=1S/C18H17NO/c1-2-18(20,15-9-4-3-5-10-15)17-13-19-12-14-8-6-7-11-16(14)17/h3-13,20H,2H2,1H3. The van der Waals surface area contributed by atoms with E-state index in [-0.39, 0.29) is 0 Å². The van der Waals surface area contributed by atoms with Crippen LogP contribution in [0.1, 0.15) is 24.5 Å². The van der Waals surface area contributed by atoms with Crippen LogP contribution in [0.2, 0.25) is 0 Å². The molecule has 0 aliphatic heterocycles. The zero-order valence-corrected chi connectivity index (χ0v) is 11.5. The summed E-state index contributed by atoms with van der Waals surface area (Å²) in [5.74, 6) is 0. The number of hydrogen-bond acceptors (Lipinski definition) is 2. The van der Waals surface area contributed by atoms with Crippen molar-refractivity contribution in [3.05, 3.63) is 78.1 Å². The van der Waals surface area contributed by atoms with Crippen LogP contribution in [0.15, 0.2) is 67.0 Å². The summed E-state index contributed by atoms with van der Waals surface area (Å²) < 4.78 is 0. The number of rotatable bonds is 3. The quantitative estimate of drug-likeness (QED) is 0.778. The zero-order chi connectivity index (χ0) is 14.0. The molecule has 0 saturated carbocycles. The lowest BCUT2D eigenvalue weighted by Gasteiger charge is -2.29. The summed E-state index contributed by atoms with van der Waals surface area (Å²) in [5, 5.41) is 13.3. The Morgan fingerprint density at radius 2 is 1.65 bits per heavy atom. The van der Waals surface area contributed by atoms with E-state index in [0.717, 1.165) is 21.9 Å². The normalized spacial score (nSPS) is 14.1. The second-order valence-electron chi connectivity index (χ2n) is 4.99. The summed E-state index contributed by atoms with van der Waals surface area (Å²) in [4.78, 5) is 4.29. The Morgan fingerprint density at radius 3 is 2.40 bits per heavy atom. The maximum atomic E-state index is 11.2. The van der Waals surface area contributed by atoms with Crippen molar-refractivity contribution in [2.45, 2.75) is 18.9 Å². The van der Waals surface area contributed by atoms with E-state index in [1.807, 2.05) is 67.7 Å². The van der Waals surface area contributed by atoms with Gasteiger partial charge in [-0.1, -0.05) is 61.5 Å². The number of benzene rings is 2. The molecule has 3 rings (SSSR count). The molecule has 0 bridgehead atoms. The van der Waals surface area contributed by atoms with E-state index >= 15 is 0 Å². The Labute approximate surface area is 118 Å². The SMILES string of the molecule is CCC(O)(c1ccccc1)c1cncc2ccccc12. The Morgan fingerprint density at radius 1 is 0.950 bits per heavy atom. The second-order valence-corrected chi connectivity index (χ2v) is 4.99. The molecule has 1 aromatic heterocycles. The Kier molecular flexibility index (Phi) is 3.25. The first kappa shape index (κ1) is 12.8. The summed E-state index contributed by atoms with van der Waals surface area (Å²) >= 11 is 0. The fourth-order valence-electron chi connectivity index (χ4n) is 2.71. The lowest BCUT2D eigenvalue weighted by molar-refractivity contribution is 0.0777. The maximum absolute atomic E-state index is 11.2. The Hall–Kier alpha value is -2.19.